The minimum Gasteiger partial charge on any atom is -0.374 e. The van der Waals surface area contributed by atoms with E-state index in [4.69, 9.17) is 0 Å². The van der Waals surface area contributed by atoms with Crippen molar-refractivity contribution in [3.63, 3.8) is 0 Å². The number of carbonyl (C=O) groups is 1. The summed E-state index contributed by atoms with van der Waals surface area (Å²) in [6.07, 6.45) is 4.41. The van der Waals surface area contributed by atoms with E-state index < -0.39 is 0 Å². The van der Waals surface area contributed by atoms with Crippen molar-refractivity contribution in [2.24, 2.45) is 0 Å². The van der Waals surface area contributed by atoms with Crippen molar-refractivity contribution in [2.45, 2.75) is 58.2 Å². The molecule has 2 amide bonds. The molecular formula is C20H32N4O. The number of aryl methyl sites for hydroxylation is 1. The van der Waals surface area contributed by atoms with Gasteiger partial charge in [0.25, 0.3) is 0 Å². The number of nitrogens with one attached hydrogen (secondary N) is 2. The van der Waals surface area contributed by atoms with Crippen molar-refractivity contribution in [3.8, 4) is 0 Å². The lowest BCUT2D eigenvalue weighted by atomic mass is 9.99. The van der Waals surface area contributed by atoms with E-state index in [9.17, 15) is 4.79 Å². The molecule has 1 fully saturated rings. The maximum Gasteiger partial charge on any atom is 0.315 e. The van der Waals surface area contributed by atoms with Crippen LogP contribution < -0.4 is 15.5 Å². The second-order valence-electron chi connectivity index (χ2n) is 7.72. The molecule has 0 aromatic heterocycles. The van der Waals surface area contributed by atoms with Crippen molar-refractivity contribution in [2.75, 3.05) is 31.6 Å². The second kappa shape index (κ2) is 8.09. The second-order valence-corrected chi connectivity index (χ2v) is 7.72. The monoisotopic (exact) mass is 344 g/mol. The van der Waals surface area contributed by atoms with Crippen LogP contribution in [0.25, 0.3) is 0 Å². The fourth-order valence-corrected chi connectivity index (χ4v) is 3.93. The largest absolute Gasteiger partial charge is 0.374 e. The molecule has 0 spiro atoms. The van der Waals surface area contributed by atoms with E-state index in [-0.39, 0.29) is 6.03 Å². The molecule has 5 heteroatoms. The summed E-state index contributed by atoms with van der Waals surface area (Å²) in [6, 6.07) is 7.40. The minimum absolute atomic E-state index is 0.0437. The molecule has 1 saturated heterocycles. The van der Waals surface area contributed by atoms with Crippen LogP contribution in [0, 0.1) is 0 Å². The number of carbonyl (C=O) groups excluding carboxylic acids is 1. The van der Waals surface area contributed by atoms with Gasteiger partial charge in [-0.3, -0.25) is 0 Å². The van der Waals surface area contributed by atoms with E-state index in [0.717, 1.165) is 38.9 Å². The average Bonchev–Trinajstić information content (AvgIpc) is 2.60. The SMILES string of the molecule is CC(C)N1CCC(NC(=O)NCc2ccc3c(c2)CCCN3C)CC1. The highest BCUT2D eigenvalue weighted by Gasteiger charge is 2.22. The highest BCUT2D eigenvalue weighted by Crippen LogP contribution is 2.26. The third-order valence-electron chi connectivity index (χ3n) is 5.54. The maximum atomic E-state index is 12.2. The van der Waals surface area contributed by atoms with Crippen LogP contribution in [0.15, 0.2) is 18.2 Å². The van der Waals surface area contributed by atoms with E-state index in [0.29, 0.717) is 18.6 Å². The number of hydrogen-bond acceptors (Lipinski definition) is 3. The molecule has 5 nitrogen and oxygen atoms in total. The number of likely N-dealkylation sites (tertiary alicyclic amines) is 1. The molecule has 0 aliphatic carbocycles. The Kier molecular flexibility index (Phi) is 5.84. The molecule has 2 aliphatic heterocycles. The Morgan fingerprint density at radius 2 is 2.00 bits per heavy atom. The molecule has 0 atom stereocenters. The summed E-state index contributed by atoms with van der Waals surface area (Å²) in [6.45, 7) is 8.33. The molecule has 0 bridgehead atoms. The predicted molar refractivity (Wildman–Crippen MR) is 103 cm³/mol. The summed E-state index contributed by atoms with van der Waals surface area (Å²) >= 11 is 0. The van der Waals surface area contributed by atoms with Gasteiger partial charge in [0.15, 0.2) is 0 Å². The van der Waals surface area contributed by atoms with Crippen molar-refractivity contribution in [1.82, 2.24) is 15.5 Å². The van der Waals surface area contributed by atoms with Crippen molar-refractivity contribution in [1.29, 1.82) is 0 Å². The zero-order chi connectivity index (χ0) is 17.8. The number of amides is 2. The summed E-state index contributed by atoms with van der Waals surface area (Å²) < 4.78 is 0. The molecule has 25 heavy (non-hydrogen) atoms. The van der Waals surface area contributed by atoms with Crippen LogP contribution in [0.1, 0.15) is 44.2 Å². The zero-order valence-corrected chi connectivity index (χ0v) is 15.8. The molecule has 0 unspecified atom stereocenters. The lowest BCUT2D eigenvalue weighted by Gasteiger charge is -2.34. The molecule has 2 aliphatic rings. The number of hydrogen-bond donors (Lipinski definition) is 2. The van der Waals surface area contributed by atoms with Gasteiger partial charge in [0.05, 0.1) is 0 Å². The highest BCUT2D eigenvalue weighted by atomic mass is 16.2. The molecule has 2 N–H and O–H groups in total. The third-order valence-corrected chi connectivity index (χ3v) is 5.54. The first-order chi connectivity index (χ1) is 12.0. The average molecular weight is 345 g/mol. The predicted octanol–water partition coefficient (Wildman–Crippen LogP) is 2.74. The summed E-state index contributed by atoms with van der Waals surface area (Å²) in [5.74, 6) is 0. The zero-order valence-electron chi connectivity index (χ0n) is 15.8. The number of urea groups is 1. The van der Waals surface area contributed by atoms with Crippen LogP contribution >= 0.6 is 0 Å². The number of nitrogens with zero attached hydrogens (tertiary/aromatic N) is 2. The Bertz CT molecular complexity index is 593. The number of fused-ring (bicyclic) bond motifs is 1. The van der Waals surface area contributed by atoms with Gasteiger partial charge < -0.3 is 20.4 Å². The highest BCUT2D eigenvalue weighted by molar-refractivity contribution is 5.74. The Morgan fingerprint density at radius 1 is 1.24 bits per heavy atom. The fraction of sp³-hybridized carbons (Fsp3) is 0.650. The van der Waals surface area contributed by atoms with Crippen LogP contribution in [-0.2, 0) is 13.0 Å². The molecule has 2 heterocycles. The maximum absolute atomic E-state index is 12.2. The van der Waals surface area contributed by atoms with Gasteiger partial charge in [-0.15, -0.1) is 0 Å². The first kappa shape index (κ1) is 18.1. The van der Waals surface area contributed by atoms with Gasteiger partial charge in [-0.25, -0.2) is 4.79 Å². The van der Waals surface area contributed by atoms with Crippen molar-refractivity contribution in [3.05, 3.63) is 29.3 Å². The molecular weight excluding hydrogens is 312 g/mol. The van der Waals surface area contributed by atoms with Crippen LogP contribution in [0.4, 0.5) is 10.5 Å². The van der Waals surface area contributed by atoms with Crippen molar-refractivity contribution >= 4 is 11.7 Å². The first-order valence-corrected chi connectivity index (χ1v) is 9.64. The Balaban J connectivity index is 1.45. The molecule has 0 radical (unpaired) electrons. The van der Waals surface area contributed by atoms with Crippen LogP contribution in [-0.4, -0.2) is 49.7 Å². The molecule has 138 valence electrons. The normalized spacial score (nSPS) is 19.0. The van der Waals surface area contributed by atoms with Gasteiger partial charge in [0.2, 0.25) is 0 Å². The Hall–Kier alpha value is -1.75. The quantitative estimate of drug-likeness (QED) is 0.883. The van der Waals surface area contributed by atoms with Gasteiger partial charge in [-0.05, 0) is 56.7 Å². The summed E-state index contributed by atoms with van der Waals surface area (Å²) in [5, 5.41) is 6.15. The number of piperidine rings is 1. The van der Waals surface area contributed by atoms with Crippen LogP contribution in [0.3, 0.4) is 0 Å². The molecule has 1 aromatic carbocycles. The van der Waals surface area contributed by atoms with Gasteiger partial charge in [0, 0.05) is 51.0 Å². The van der Waals surface area contributed by atoms with Gasteiger partial charge >= 0.3 is 6.03 Å². The lowest BCUT2D eigenvalue weighted by Crippen LogP contribution is -2.49. The van der Waals surface area contributed by atoms with Gasteiger partial charge in [-0.1, -0.05) is 12.1 Å². The standard InChI is InChI=1S/C20H32N4O/c1-15(2)24-11-8-18(9-12-24)22-20(25)21-14-16-6-7-19-17(13-16)5-4-10-23(19)3/h6-7,13,15,18H,4-5,8-12,14H2,1-3H3,(H2,21,22,25). The summed E-state index contributed by atoms with van der Waals surface area (Å²) in [4.78, 5) is 17.0. The fourth-order valence-electron chi connectivity index (χ4n) is 3.93. The van der Waals surface area contributed by atoms with Gasteiger partial charge in [0.1, 0.15) is 0 Å². The van der Waals surface area contributed by atoms with Crippen LogP contribution in [0.2, 0.25) is 0 Å². The number of anilines is 1. The van der Waals surface area contributed by atoms with E-state index in [2.05, 4.69) is 59.5 Å². The molecule has 0 saturated carbocycles. The van der Waals surface area contributed by atoms with E-state index >= 15 is 0 Å². The first-order valence-electron chi connectivity index (χ1n) is 9.64. The number of benzene rings is 1. The summed E-state index contributed by atoms with van der Waals surface area (Å²) in [5.41, 5.74) is 3.91. The number of rotatable bonds is 4. The van der Waals surface area contributed by atoms with Crippen LogP contribution in [0.5, 0.6) is 0 Å². The Morgan fingerprint density at radius 3 is 2.72 bits per heavy atom. The topological polar surface area (TPSA) is 47.6 Å². The van der Waals surface area contributed by atoms with E-state index in [1.54, 1.807) is 0 Å². The lowest BCUT2D eigenvalue weighted by molar-refractivity contribution is 0.161. The summed E-state index contributed by atoms with van der Waals surface area (Å²) in [7, 11) is 2.15. The Labute approximate surface area is 151 Å². The van der Waals surface area contributed by atoms with E-state index in [1.807, 2.05) is 0 Å². The smallest absolute Gasteiger partial charge is 0.315 e. The van der Waals surface area contributed by atoms with Gasteiger partial charge in [-0.2, -0.15) is 0 Å². The van der Waals surface area contributed by atoms with Crippen molar-refractivity contribution < 1.29 is 4.79 Å². The molecule has 1 aromatic rings. The molecule has 3 rings (SSSR count). The third kappa shape index (κ3) is 4.66. The minimum atomic E-state index is -0.0437. The van der Waals surface area contributed by atoms with E-state index in [1.165, 1.54) is 23.2 Å².